The SMILES string of the molecule is CCCN(CC)CCNCc1cccc(OC(F)(F)F)c1. The third-order valence-electron chi connectivity index (χ3n) is 3.05. The molecule has 0 amide bonds. The zero-order chi connectivity index (χ0) is 15.7. The van der Waals surface area contributed by atoms with Crippen molar-refractivity contribution in [2.24, 2.45) is 0 Å². The van der Waals surface area contributed by atoms with Gasteiger partial charge in [-0.3, -0.25) is 0 Å². The van der Waals surface area contributed by atoms with Crippen LogP contribution in [0.2, 0.25) is 0 Å². The molecule has 0 unspecified atom stereocenters. The maximum absolute atomic E-state index is 12.1. The van der Waals surface area contributed by atoms with Crippen LogP contribution in [-0.2, 0) is 6.54 Å². The highest BCUT2D eigenvalue weighted by Crippen LogP contribution is 2.23. The molecule has 0 spiro atoms. The summed E-state index contributed by atoms with van der Waals surface area (Å²) in [5, 5.41) is 3.24. The molecule has 0 saturated heterocycles. The Balaban J connectivity index is 2.37. The minimum atomic E-state index is -4.65. The predicted molar refractivity (Wildman–Crippen MR) is 77.2 cm³/mol. The van der Waals surface area contributed by atoms with E-state index in [1.165, 1.54) is 12.1 Å². The second kappa shape index (κ2) is 8.89. The van der Waals surface area contributed by atoms with Crippen LogP contribution in [0.3, 0.4) is 0 Å². The van der Waals surface area contributed by atoms with Crippen LogP contribution in [0.15, 0.2) is 24.3 Å². The fourth-order valence-corrected chi connectivity index (χ4v) is 2.07. The summed E-state index contributed by atoms with van der Waals surface area (Å²) in [4.78, 5) is 2.33. The molecule has 0 aliphatic rings. The third kappa shape index (κ3) is 7.92. The first kappa shape index (κ1) is 17.8. The lowest BCUT2D eigenvalue weighted by Crippen LogP contribution is -2.32. The molecule has 1 rings (SSSR count). The van der Waals surface area contributed by atoms with Crippen molar-refractivity contribution in [1.29, 1.82) is 0 Å². The number of alkyl halides is 3. The molecule has 0 aliphatic heterocycles. The summed E-state index contributed by atoms with van der Waals surface area (Å²) in [5.41, 5.74) is 0.773. The van der Waals surface area contributed by atoms with Crippen molar-refractivity contribution in [2.45, 2.75) is 33.2 Å². The second-order valence-corrected chi connectivity index (χ2v) is 4.81. The number of hydrogen-bond donors (Lipinski definition) is 1. The smallest absolute Gasteiger partial charge is 0.406 e. The van der Waals surface area contributed by atoms with Crippen LogP contribution in [0, 0.1) is 0 Å². The van der Waals surface area contributed by atoms with Crippen LogP contribution in [0.4, 0.5) is 13.2 Å². The molecule has 1 aromatic carbocycles. The first-order valence-electron chi connectivity index (χ1n) is 7.22. The quantitative estimate of drug-likeness (QED) is 0.708. The van der Waals surface area contributed by atoms with Crippen LogP contribution in [0.1, 0.15) is 25.8 Å². The van der Waals surface area contributed by atoms with Crippen molar-refractivity contribution in [1.82, 2.24) is 10.2 Å². The number of rotatable bonds is 9. The van der Waals surface area contributed by atoms with E-state index in [0.717, 1.165) is 38.2 Å². The topological polar surface area (TPSA) is 24.5 Å². The van der Waals surface area contributed by atoms with Gasteiger partial charge in [0.1, 0.15) is 5.75 Å². The third-order valence-corrected chi connectivity index (χ3v) is 3.05. The summed E-state index contributed by atoms with van der Waals surface area (Å²) in [5.74, 6) is -0.178. The molecular formula is C15H23F3N2O. The Morgan fingerprint density at radius 2 is 1.95 bits per heavy atom. The van der Waals surface area contributed by atoms with E-state index in [0.29, 0.717) is 6.54 Å². The minimum Gasteiger partial charge on any atom is -0.406 e. The molecule has 0 bridgehead atoms. The maximum Gasteiger partial charge on any atom is 0.573 e. The highest BCUT2D eigenvalue weighted by Gasteiger charge is 2.31. The summed E-state index contributed by atoms with van der Waals surface area (Å²) < 4.78 is 40.3. The lowest BCUT2D eigenvalue weighted by molar-refractivity contribution is -0.274. The average Bonchev–Trinajstić information content (AvgIpc) is 2.41. The summed E-state index contributed by atoms with van der Waals surface area (Å²) in [6.45, 7) is 8.59. The van der Waals surface area contributed by atoms with Crippen LogP contribution >= 0.6 is 0 Å². The molecule has 0 aromatic heterocycles. The Morgan fingerprint density at radius 1 is 1.19 bits per heavy atom. The first-order valence-corrected chi connectivity index (χ1v) is 7.22. The van der Waals surface area contributed by atoms with E-state index in [2.05, 4.69) is 28.8 Å². The molecule has 6 heteroatoms. The standard InChI is InChI=1S/C15H23F3N2O/c1-3-9-20(4-2)10-8-19-12-13-6-5-7-14(11-13)21-15(16,17)18/h5-7,11,19H,3-4,8-10,12H2,1-2H3. The van der Waals surface area contributed by atoms with E-state index >= 15 is 0 Å². The van der Waals surface area contributed by atoms with Crippen molar-refractivity contribution in [3.63, 3.8) is 0 Å². The van der Waals surface area contributed by atoms with Gasteiger partial charge < -0.3 is 15.0 Å². The van der Waals surface area contributed by atoms with Gasteiger partial charge in [-0.2, -0.15) is 0 Å². The molecule has 120 valence electrons. The van der Waals surface area contributed by atoms with Gasteiger partial charge in [-0.05, 0) is 37.2 Å². The molecule has 0 fully saturated rings. The number of ether oxygens (including phenoxy) is 1. The summed E-state index contributed by atoms with van der Waals surface area (Å²) in [7, 11) is 0. The van der Waals surface area contributed by atoms with Crippen molar-refractivity contribution in [3.8, 4) is 5.75 Å². The van der Waals surface area contributed by atoms with Crippen LogP contribution in [-0.4, -0.2) is 37.4 Å². The van der Waals surface area contributed by atoms with Crippen LogP contribution < -0.4 is 10.1 Å². The number of hydrogen-bond acceptors (Lipinski definition) is 3. The van der Waals surface area contributed by atoms with Gasteiger partial charge in [-0.15, -0.1) is 13.2 Å². The Hall–Kier alpha value is -1.27. The lowest BCUT2D eigenvalue weighted by atomic mass is 10.2. The molecule has 3 nitrogen and oxygen atoms in total. The Bertz CT molecular complexity index is 410. The predicted octanol–water partition coefficient (Wildman–Crippen LogP) is 3.41. The molecule has 1 N–H and O–H groups in total. The van der Waals surface area contributed by atoms with Crippen molar-refractivity contribution < 1.29 is 17.9 Å². The van der Waals surface area contributed by atoms with Gasteiger partial charge in [0.05, 0.1) is 0 Å². The van der Waals surface area contributed by atoms with Gasteiger partial charge in [0.25, 0.3) is 0 Å². The van der Waals surface area contributed by atoms with Gasteiger partial charge in [0.2, 0.25) is 0 Å². The average molecular weight is 304 g/mol. The van der Waals surface area contributed by atoms with E-state index in [9.17, 15) is 13.2 Å². The number of benzene rings is 1. The molecule has 0 atom stereocenters. The van der Waals surface area contributed by atoms with Gasteiger partial charge in [-0.1, -0.05) is 26.0 Å². The van der Waals surface area contributed by atoms with Gasteiger partial charge in [0.15, 0.2) is 0 Å². The van der Waals surface area contributed by atoms with Gasteiger partial charge in [-0.25, -0.2) is 0 Å². The molecular weight excluding hydrogens is 281 g/mol. The highest BCUT2D eigenvalue weighted by molar-refractivity contribution is 5.28. The summed E-state index contributed by atoms with van der Waals surface area (Å²) in [6, 6.07) is 6.05. The summed E-state index contributed by atoms with van der Waals surface area (Å²) in [6.07, 6.45) is -3.53. The molecule has 1 aromatic rings. The van der Waals surface area contributed by atoms with E-state index in [1.807, 2.05) is 0 Å². The second-order valence-electron chi connectivity index (χ2n) is 4.81. The fraction of sp³-hybridized carbons (Fsp3) is 0.600. The number of nitrogens with one attached hydrogen (secondary N) is 1. The largest absolute Gasteiger partial charge is 0.573 e. The maximum atomic E-state index is 12.1. The molecule has 0 saturated carbocycles. The Kier molecular flexibility index (Phi) is 7.53. The number of nitrogens with zero attached hydrogens (tertiary/aromatic N) is 1. The Labute approximate surface area is 124 Å². The fourth-order valence-electron chi connectivity index (χ4n) is 2.07. The zero-order valence-electron chi connectivity index (χ0n) is 12.5. The van der Waals surface area contributed by atoms with Crippen molar-refractivity contribution in [2.75, 3.05) is 26.2 Å². The zero-order valence-corrected chi connectivity index (χ0v) is 12.5. The van der Waals surface area contributed by atoms with Crippen LogP contribution in [0.5, 0.6) is 5.75 Å². The lowest BCUT2D eigenvalue weighted by Gasteiger charge is -2.19. The van der Waals surface area contributed by atoms with E-state index < -0.39 is 6.36 Å². The van der Waals surface area contributed by atoms with Gasteiger partial charge >= 0.3 is 6.36 Å². The van der Waals surface area contributed by atoms with Gasteiger partial charge in [0, 0.05) is 19.6 Å². The van der Waals surface area contributed by atoms with Crippen molar-refractivity contribution >= 4 is 0 Å². The molecule has 21 heavy (non-hydrogen) atoms. The summed E-state index contributed by atoms with van der Waals surface area (Å²) >= 11 is 0. The first-order chi connectivity index (χ1) is 9.94. The minimum absolute atomic E-state index is 0.178. The Morgan fingerprint density at radius 3 is 2.57 bits per heavy atom. The number of halogens is 3. The molecule has 0 heterocycles. The van der Waals surface area contributed by atoms with Crippen LogP contribution in [0.25, 0.3) is 0 Å². The molecule has 0 aliphatic carbocycles. The monoisotopic (exact) mass is 304 g/mol. The number of likely N-dealkylation sites (N-methyl/N-ethyl adjacent to an activating group) is 1. The van der Waals surface area contributed by atoms with E-state index in [4.69, 9.17) is 0 Å². The van der Waals surface area contributed by atoms with E-state index in [-0.39, 0.29) is 5.75 Å². The highest BCUT2D eigenvalue weighted by atomic mass is 19.4. The van der Waals surface area contributed by atoms with Crippen molar-refractivity contribution in [3.05, 3.63) is 29.8 Å². The van der Waals surface area contributed by atoms with E-state index in [1.54, 1.807) is 12.1 Å². The normalized spacial score (nSPS) is 11.9. The molecule has 0 radical (unpaired) electrons.